The highest BCUT2D eigenvalue weighted by molar-refractivity contribution is 5.96. The number of rotatable bonds is 8. The first-order valence-corrected chi connectivity index (χ1v) is 11.9. The second-order valence-corrected chi connectivity index (χ2v) is 9.12. The Bertz CT molecular complexity index is 1130. The summed E-state index contributed by atoms with van der Waals surface area (Å²) in [5, 5.41) is 6.10. The van der Waals surface area contributed by atoms with Crippen molar-refractivity contribution in [3.63, 3.8) is 0 Å². The van der Waals surface area contributed by atoms with Gasteiger partial charge in [-0.3, -0.25) is 9.78 Å². The van der Waals surface area contributed by atoms with Gasteiger partial charge in [-0.15, -0.1) is 0 Å². The van der Waals surface area contributed by atoms with Crippen molar-refractivity contribution in [1.82, 2.24) is 15.2 Å². The van der Waals surface area contributed by atoms with Crippen LogP contribution in [0.15, 0.2) is 60.9 Å². The highest BCUT2D eigenvalue weighted by atomic mass is 19.1. The molecule has 0 bridgehead atoms. The van der Waals surface area contributed by atoms with Gasteiger partial charge in [-0.25, -0.2) is 13.2 Å². The van der Waals surface area contributed by atoms with Crippen LogP contribution in [0.5, 0.6) is 0 Å². The largest absolute Gasteiger partial charge is 0.323 e. The van der Waals surface area contributed by atoms with Gasteiger partial charge in [-0.05, 0) is 55.3 Å². The number of aromatic nitrogens is 1. The van der Waals surface area contributed by atoms with Gasteiger partial charge in [0.25, 0.3) is 0 Å². The van der Waals surface area contributed by atoms with E-state index in [0.29, 0.717) is 29.5 Å². The molecule has 2 heterocycles. The molecule has 0 unspecified atom stereocenters. The maximum atomic E-state index is 14.8. The van der Waals surface area contributed by atoms with E-state index in [1.54, 1.807) is 24.3 Å². The van der Waals surface area contributed by atoms with Crippen molar-refractivity contribution < 1.29 is 18.0 Å². The lowest BCUT2D eigenvalue weighted by atomic mass is 9.85. The van der Waals surface area contributed by atoms with Crippen molar-refractivity contribution in [2.24, 2.45) is 5.73 Å². The summed E-state index contributed by atoms with van der Waals surface area (Å²) in [6, 6.07) is 10.4. The third kappa shape index (κ3) is 6.10. The standard InChI is InChI=1S/C27H30F3N5O/c1-35-13-12-32-14-21(35)10-11-22-23(30)15-33-16-24(22)34-27(36)26(31)25(17-2-6-19(28)7-3-17)18-4-8-20(29)9-5-18/h2-9,15-16,21,25-26,32H,10-14,31H2,1H3,(H,34,36)/t21-,26-/m0/s1. The molecule has 36 heavy (non-hydrogen) atoms. The Hall–Kier alpha value is -3.27. The first-order chi connectivity index (χ1) is 17.3. The zero-order valence-electron chi connectivity index (χ0n) is 20.1. The van der Waals surface area contributed by atoms with Gasteiger partial charge in [-0.2, -0.15) is 0 Å². The first-order valence-electron chi connectivity index (χ1n) is 11.9. The lowest BCUT2D eigenvalue weighted by Crippen LogP contribution is -2.49. The van der Waals surface area contributed by atoms with Crippen LogP contribution in [0.3, 0.4) is 0 Å². The number of hydrogen-bond acceptors (Lipinski definition) is 5. The fraction of sp³-hybridized carbons (Fsp3) is 0.333. The van der Waals surface area contributed by atoms with E-state index in [1.807, 2.05) is 7.05 Å². The summed E-state index contributed by atoms with van der Waals surface area (Å²) < 4.78 is 41.9. The highest BCUT2D eigenvalue weighted by Crippen LogP contribution is 2.29. The number of amides is 1. The number of nitrogens with two attached hydrogens (primary N) is 1. The maximum absolute atomic E-state index is 14.8. The van der Waals surface area contributed by atoms with E-state index in [0.717, 1.165) is 25.8 Å². The average molecular weight is 498 g/mol. The summed E-state index contributed by atoms with van der Waals surface area (Å²) in [7, 11) is 2.04. The molecule has 1 aromatic heterocycles. The minimum atomic E-state index is -1.12. The third-order valence-electron chi connectivity index (χ3n) is 6.76. The zero-order valence-corrected chi connectivity index (χ0v) is 20.1. The predicted molar refractivity (Wildman–Crippen MR) is 133 cm³/mol. The summed E-state index contributed by atoms with van der Waals surface area (Å²) in [4.78, 5) is 19.4. The van der Waals surface area contributed by atoms with Crippen LogP contribution in [0.2, 0.25) is 0 Å². The molecular formula is C27H30F3N5O. The van der Waals surface area contributed by atoms with Crippen molar-refractivity contribution in [3.05, 3.63) is 95.1 Å². The SMILES string of the molecule is CN1CCNC[C@@H]1CCc1c(F)cncc1NC(=O)[C@@H](N)C(c1ccc(F)cc1)c1ccc(F)cc1. The van der Waals surface area contributed by atoms with Gasteiger partial charge in [0.15, 0.2) is 0 Å². The molecule has 0 spiro atoms. The highest BCUT2D eigenvalue weighted by Gasteiger charge is 2.29. The maximum Gasteiger partial charge on any atom is 0.242 e. The number of benzene rings is 2. The van der Waals surface area contributed by atoms with Crippen molar-refractivity contribution in [3.8, 4) is 0 Å². The number of nitrogens with zero attached hydrogens (tertiary/aromatic N) is 2. The van der Waals surface area contributed by atoms with Crippen LogP contribution < -0.4 is 16.4 Å². The number of carbonyl (C=O) groups is 1. The Morgan fingerprint density at radius 1 is 1.08 bits per heavy atom. The Balaban J connectivity index is 1.56. The smallest absolute Gasteiger partial charge is 0.242 e. The topological polar surface area (TPSA) is 83.3 Å². The van der Waals surface area contributed by atoms with Crippen LogP contribution in [-0.4, -0.2) is 54.6 Å². The van der Waals surface area contributed by atoms with Crippen molar-refractivity contribution in [2.75, 3.05) is 32.0 Å². The average Bonchev–Trinajstić information content (AvgIpc) is 2.87. The molecule has 0 radical (unpaired) electrons. The quantitative estimate of drug-likeness (QED) is 0.444. The normalized spacial score (nSPS) is 17.2. The summed E-state index contributed by atoms with van der Waals surface area (Å²) in [6.07, 6.45) is 3.66. The lowest BCUT2D eigenvalue weighted by Gasteiger charge is -2.33. The van der Waals surface area contributed by atoms with Crippen molar-refractivity contribution in [1.29, 1.82) is 0 Å². The van der Waals surface area contributed by atoms with Gasteiger partial charge in [-0.1, -0.05) is 24.3 Å². The number of pyridine rings is 1. The molecule has 1 aliphatic heterocycles. The molecule has 0 saturated carbocycles. The van der Waals surface area contributed by atoms with E-state index in [1.165, 1.54) is 30.5 Å². The summed E-state index contributed by atoms with van der Waals surface area (Å²) >= 11 is 0. The Morgan fingerprint density at radius 3 is 2.28 bits per heavy atom. The first kappa shape index (κ1) is 25.8. The van der Waals surface area contributed by atoms with E-state index in [2.05, 4.69) is 20.5 Å². The molecule has 1 saturated heterocycles. The Morgan fingerprint density at radius 2 is 1.69 bits per heavy atom. The molecule has 1 fully saturated rings. The molecule has 190 valence electrons. The Kier molecular flexibility index (Phi) is 8.35. The summed E-state index contributed by atoms with van der Waals surface area (Å²) in [5.41, 5.74) is 8.23. The van der Waals surface area contributed by atoms with Gasteiger partial charge in [0.05, 0.1) is 24.1 Å². The predicted octanol–water partition coefficient (Wildman–Crippen LogP) is 3.43. The van der Waals surface area contributed by atoms with Crippen LogP contribution in [0.4, 0.5) is 18.9 Å². The fourth-order valence-corrected chi connectivity index (χ4v) is 4.63. The van der Waals surface area contributed by atoms with E-state index < -0.39 is 35.3 Å². The number of piperazine rings is 1. The van der Waals surface area contributed by atoms with E-state index in [4.69, 9.17) is 5.73 Å². The van der Waals surface area contributed by atoms with Gasteiger partial charge < -0.3 is 21.3 Å². The van der Waals surface area contributed by atoms with E-state index in [-0.39, 0.29) is 11.7 Å². The molecule has 9 heteroatoms. The van der Waals surface area contributed by atoms with Gasteiger partial charge in [0.1, 0.15) is 17.5 Å². The molecule has 2 aromatic carbocycles. The Labute approximate surface area is 208 Å². The molecule has 4 N–H and O–H groups in total. The third-order valence-corrected chi connectivity index (χ3v) is 6.76. The molecular weight excluding hydrogens is 467 g/mol. The lowest BCUT2D eigenvalue weighted by molar-refractivity contribution is -0.117. The minimum absolute atomic E-state index is 0.249. The number of halogens is 3. The second-order valence-electron chi connectivity index (χ2n) is 9.12. The molecule has 6 nitrogen and oxygen atoms in total. The van der Waals surface area contributed by atoms with E-state index >= 15 is 0 Å². The fourth-order valence-electron chi connectivity index (χ4n) is 4.63. The number of hydrogen-bond donors (Lipinski definition) is 3. The molecule has 1 amide bonds. The molecule has 4 rings (SSSR count). The van der Waals surface area contributed by atoms with Gasteiger partial charge in [0, 0.05) is 37.2 Å². The van der Waals surface area contributed by atoms with Crippen molar-refractivity contribution >= 4 is 11.6 Å². The summed E-state index contributed by atoms with van der Waals surface area (Å²) in [6.45, 7) is 2.64. The van der Waals surface area contributed by atoms with Gasteiger partial charge in [0.2, 0.25) is 5.91 Å². The van der Waals surface area contributed by atoms with Crippen LogP contribution >= 0.6 is 0 Å². The molecule has 3 aromatic rings. The number of likely N-dealkylation sites (N-methyl/N-ethyl adjacent to an activating group) is 1. The number of carbonyl (C=O) groups excluding carboxylic acids is 1. The van der Waals surface area contributed by atoms with Crippen LogP contribution in [0, 0.1) is 17.5 Å². The van der Waals surface area contributed by atoms with Crippen LogP contribution in [0.25, 0.3) is 0 Å². The zero-order chi connectivity index (χ0) is 25.7. The second kappa shape index (κ2) is 11.6. The minimum Gasteiger partial charge on any atom is -0.323 e. The number of anilines is 1. The van der Waals surface area contributed by atoms with E-state index in [9.17, 15) is 18.0 Å². The molecule has 1 aliphatic rings. The van der Waals surface area contributed by atoms with Crippen molar-refractivity contribution in [2.45, 2.75) is 30.8 Å². The summed E-state index contributed by atoms with van der Waals surface area (Å²) in [5.74, 6) is -2.59. The molecule has 0 aliphatic carbocycles. The van der Waals surface area contributed by atoms with Crippen LogP contribution in [-0.2, 0) is 11.2 Å². The monoisotopic (exact) mass is 497 g/mol. The molecule has 2 atom stereocenters. The van der Waals surface area contributed by atoms with Crippen LogP contribution in [0.1, 0.15) is 29.0 Å². The number of nitrogens with one attached hydrogen (secondary N) is 2. The van der Waals surface area contributed by atoms with Gasteiger partial charge >= 0.3 is 0 Å².